The summed E-state index contributed by atoms with van der Waals surface area (Å²) in [5, 5.41) is 2.05. The predicted molar refractivity (Wildman–Crippen MR) is 81.0 cm³/mol. The SMILES string of the molecule is CCCn1c2ccccc2c(=O)c2cc(Cl)ccc21. The van der Waals surface area contributed by atoms with Crippen molar-refractivity contribution < 1.29 is 0 Å². The standard InChI is InChI=1S/C16H14ClNO/c1-2-9-18-14-6-4-3-5-12(14)16(19)13-10-11(17)7-8-15(13)18/h3-8,10H,2,9H2,1H3. The number of aryl methyl sites for hydroxylation is 1. The Labute approximate surface area is 116 Å². The van der Waals surface area contributed by atoms with Crippen LogP contribution in [0.4, 0.5) is 0 Å². The molecule has 1 aromatic heterocycles. The van der Waals surface area contributed by atoms with E-state index in [0.29, 0.717) is 10.4 Å². The van der Waals surface area contributed by atoms with E-state index < -0.39 is 0 Å². The number of hydrogen-bond donors (Lipinski definition) is 0. The van der Waals surface area contributed by atoms with Gasteiger partial charge in [0.1, 0.15) is 0 Å². The van der Waals surface area contributed by atoms with Crippen LogP contribution in [0.15, 0.2) is 47.3 Å². The van der Waals surface area contributed by atoms with E-state index in [1.807, 2.05) is 36.4 Å². The number of para-hydroxylation sites is 1. The molecule has 0 radical (unpaired) electrons. The van der Waals surface area contributed by atoms with Crippen LogP contribution in [0.25, 0.3) is 21.8 Å². The Morgan fingerprint density at radius 1 is 1.05 bits per heavy atom. The predicted octanol–water partition coefficient (Wildman–Crippen LogP) is 4.22. The molecule has 0 amide bonds. The molecule has 2 aromatic carbocycles. The van der Waals surface area contributed by atoms with Crippen molar-refractivity contribution in [2.24, 2.45) is 0 Å². The van der Waals surface area contributed by atoms with Crippen LogP contribution in [0.1, 0.15) is 13.3 Å². The fraction of sp³-hybridized carbons (Fsp3) is 0.188. The van der Waals surface area contributed by atoms with E-state index in [0.717, 1.165) is 29.4 Å². The molecule has 0 atom stereocenters. The van der Waals surface area contributed by atoms with Gasteiger partial charge in [-0.1, -0.05) is 30.7 Å². The summed E-state index contributed by atoms with van der Waals surface area (Å²) in [7, 11) is 0. The fourth-order valence-electron chi connectivity index (χ4n) is 2.57. The van der Waals surface area contributed by atoms with Gasteiger partial charge >= 0.3 is 0 Å². The van der Waals surface area contributed by atoms with Crippen LogP contribution in [-0.2, 0) is 6.54 Å². The Morgan fingerprint density at radius 2 is 1.79 bits per heavy atom. The van der Waals surface area contributed by atoms with Gasteiger partial charge in [-0.25, -0.2) is 0 Å². The van der Waals surface area contributed by atoms with Crippen molar-refractivity contribution in [2.45, 2.75) is 19.9 Å². The third kappa shape index (κ3) is 1.92. The van der Waals surface area contributed by atoms with E-state index in [1.165, 1.54) is 0 Å². The van der Waals surface area contributed by atoms with Crippen molar-refractivity contribution in [3.8, 4) is 0 Å². The number of benzene rings is 2. The van der Waals surface area contributed by atoms with Crippen LogP contribution in [0.5, 0.6) is 0 Å². The second kappa shape index (κ2) is 4.71. The zero-order valence-electron chi connectivity index (χ0n) is 10.7. The summed E-state index contributed by atoms with van der Waals surface area (Å²) in [4.78, 5) is 12.5. The van der Waals surface area contributed by atoms with Crippen molar-refractivity contribution >= 4 is 33.4 Å². The van der Waals surface area contributed by atoms with Gasteiger partial charge in [0.05, 0.1) is 11.0 Å². The van der Waals surface area contributed by atoms with E-state index in [4.69, 9.17) is 11.6 Å². The van der Waals surface area contributed by atoms with Gasteiger partial charge in [-0.05, 0) is 36.8 Å². The summed E-state index contributed by atoms with van der Waals surface area (Å²) in [5.74, 6) is 0. The Morgan fingerprint density at radius 3 is 2.58 bits per heavy atom. The van der Waals surface area contributed by atoms with Crippen molar-refractivity contribution in [3.63, 3.8) is 0 Å². The molecule has 0 spiro atoms. The number of aromatic nitrogens is 1. The van der Waals surface area contributed by atoms with Crippen LogP contribution in [0.3, 0.4) is 0 Å². The van der Waals surface area contributed by atoms with Gasteiger partial charge in [0.25, 0.3) is 0 Å². The first-order chi connectivity index (χ1) is 9.22. The van der Waals surface area contributed by atoms with Crippen molar-refractivity contribution in [1.29, 1.82) is 0 Å². The topological polar surface area (TPSA) is 22.0 Å². The Bertz CT molecular complexity index is 820. The van der Waals surface area contributed by atoms with E-state index in [1.54, 1.807) is 6.07 Å². The third-order valence-electron chi connectivity index (χ3n) is 3.38. The van der Waals surface area contributed by atoms with Crippen LogP contribution >= 0.6 is 11.6 Å². The maximum absolute atomic E-state index is 12.5. The Kier molecular flexibility index (Phi) is 3.03. The number of nitrogens with zero attached hydrogens (tertiary/aromatic N) is 1. The molecule has 0 aliphatic heterocycles. The molecule has 2 nitrogen and oxygen atoms in total. The summed E-state index contributed by atoms with van der Waals surface area (Å²) in [6, 6.07) is 13.3. The van der Waals surface area contributed by atoms with Gasteiger partial charge in [-0.2, -0.15) is 0 Å². The fourth-order valence-corrected chi connectivity index (χ4v) is 2.74. The molecule has 0 N–H and O–H groups in total. The lowest BCUT2D eigenvalue weighted by molar-refractivity contribution is 0.720. The van der Waals surface area contributed by atoms with Gasteiger partial charge in [-0.15, -0.1) is 0 Å². The largest absolute Gasteiger partial charge is 0.340 e. The highest BCUT2D eigenvalue weighted by Crippen LogP contribution is 2.22. The van der Waals surface area contributed by atoms with Crippen LogP contribution < -0.4 is 5.43 Å². The smallest absolute Gasteiger partial charge is 0.197 e. The second-order valence-corrected chi connectivity index (χ2v) is 5.10. The quantitative estimate of drug-likeness (QED) is 0.640. The van der Waals surface area contributed by atoms with E-state index in [-0.39, 0.29) is 5.43 Å². The first-order valence-corrected chi connectivity index (χ1v) is 6.81. The summed E-state index contributed by atoms with van der Waals surface area (Å²) >= 11 is 6.02. The first-order valence-electron chi connectivity index (χ1n) is 6.43. The van der Waals surface area contributed by atoms with Crippen LogP contribution in [0, 0.1) is 0 Å². The highest BCUT2D eigenvalue weighted by atomic mass is 35.5. The average molecular weight is 272 g/mol. The number of rotatable bonds is 2. The molecular weight excluding hydrogens is 258 g/mol. The van der Waals surface area contributed by atoms with Crippen molar-refractivity contribution in [1.82, 2.24) is 4.57 Å². The van der Waals surface area contributed by atoms with Crippen LogP contribution in [-0.4, -0.2) is 4.57 Å². The number of hydrogen-bond acceptors (Lipinski definition) is 1. The molecule has 96 valence electrons. The molecule has 0 saturated carbocycles. The monoisotopic (exact) mass is 271 g/mol. The molecule has 0 fully saturated rings. The van der Waals surface area contributed by atoms with Gasteiger partial charge in [0, 0.05) is 22.3 Å². The summed E-state index contributed by atoms with van der Waals surface area (Å²) in [6.07, 6.45) is 1.02. The first kappa shape index (κ1) is 12.2. The lowest BCUT2D eigenvalue weighted by atomic mass is 10.1. The Balaban J connectivity index is 2.57. The van der Waals surface area contributed by atoms with E-state index in [2.05, 4.69) is 11.5 Å². The average Bonchev–Trinajstić information content (AvgIpc) is 2.44. The maximum atomic E-state index is 12.5. The third-order valence-corrected chi connectivity index (χ3v) is 3.62. The van der Waals surface area contributed by atoms with Crippen molar-refractivity contribution in [3.05, 3.63) is 57.7 Å². The number of pyridine rings is 1. The molecule has 0 aliphatic carbocycles. The molecule has 0 aliphatic rings. The van der Waals surface area contributed by atoms with Gasteiger partial charge in [0.15, 0.2) is 5.43 Å². The normalized spacial score (nSPS) is 11.3. The van der Waals surface area contributed by atoms with Gasteiger partial charge in [0.2, 0.25) is 0 Å². The minimum Gasteiger partial charge on any atom is -0.340 e. The van der Waals surface area contributed by atoms with Gasteiger partial charge in [-0.3, -0.25) is 4.79 Å². The molecule has 19 heavy (non-hydrogen) atoms. The molecule has 0 saturated heterocycles. The van der Waals surface area contributed by atoms with Crippen molar-refractivity contribution in [2.75, 3.05) is 0 Å². The minimum absolute atomic E-state index is 0.0560. The highest BCUT2D eigenvalue weighted by molar-refractivity contribution is 6.31. The number of halogens is 1. The van der Waals surface area contributed by atoms with Gasteiger partial charge < -0.3 is 4.57 Å². The molecule has 3 aromatic rings. The summed E-state index contributed by atoms with van der Waals surface area (Å²) in [5.41, 5.74) is 2.00. The number of fused-ring (bicyclic) bond motifs is 2. The summed E-state index contributed by atoms with van der Waals surface area (Å²) < 4.78 is 2.20. The lowest BCUT2D eigenvalue weighted by Crippen LogP contribution is -2.11. The molecule has 0 bridgehead atoms. The summed E-state index contributed by atoms with van der Waals surface area (Å²) in [6.45, 7) is 3.02. The molecular formula is C16H14ClNO. The minimum atomic E-state index is 0.0560. The molecule has 3 rings (SSSR count). The van der Waals surface area contributed by atoms with Crippen LogP contribution in [0.2, 0.25) is 5.02 Å². The zero-order valence-corrected chi connectivity index (χ0v) is 11.4. The molecule has 3 heteroatoms. The molecule has 1 heterocycles. The second-order valence-electron chi connectivity index (χ2n) is 4.66. The lowest BCUT2D eigenvalue weighted by Gasteiger charge is -2.14. The van der Waals surface area contributed by atoms with E-state index in [9.17, 15) is 4.79 Å². The van der Waals surface area contributed by atoms with E-state index >= 15 is 0 Å². The zero-order chi connectivity index (χ0) is 13.4. The molecule has 0 unspecified atom stereocenters. The Hall–Kier alpha value is -1.80. The maximum Gasteiger partial charge on any atom is 0.197 e. The highest BCUT2D eigenvalue weighted by Gasteiger charge is 2.10.